The van der Waals surface area contributed by atoms with Crippen molar-refractivity contribution in [1.82, 2.24) is 0 Å². The van der Waals surface area contributed by atoms with Crippen molar-refractivity contribution in [2.24, 2.45) is 0 Å². The predicted molar refractivity (Wildman–Crippen MR) is 104 cm³/mol. The van der Waals surface area contributed by atoms with Crippen molar-refractivity contribution in [3.8, 4) is 11.5 Å². The summed E-state index contributed by atoms with van der Waals surface area (Å²) in [5.41, 5.74) is 2.95. The minimum Gasteiger partial charge on any atom is -0.485 e. The molecule has 0 N–H and O–H groups in total. The third-order valence-corrected chi connectivity index (χ3v) is 4.06. The van der Waals surface area contributed by atoms with Crippen LogP contribution in [0.15, 0.2) is 78.9 Å². The molecule has 0 radical (unpaired) electrons. The molecule has 0 atom stereocenters. The van der Waals surface area contributed by atoms with E-state index < -0.39 is 0 Å². The maximum atomic E-state index is 11.6. The van der Waals surface area contributed by atoms with Crippen LogP contribution in [0.3, 0.4) is 0 Å². The number of hydrogen-bond donors (Lipinski definition) is 0. The lowest BCUT2D eigenvalue weighted by molar-refractivity contribution is -0.139. The molecule has 0 aliphatic carbocycles. The third kappa shape index (κ3) is 5.61. The van der Waals surface area contributed by atoms with Gasteiger partial charge in [-0.2, -0.15) is 0 Å². The molecular formula is C23H22O4. The molecule has 3 aromatic carbocycles. The van der Waals surface area contributed by atoms with Crippen LogP contribution in [0.5, 0.6) is 11.5 Å². The van der Waals surface area contributed by atoms with Crippen LogP contribution in [0.25, 0.3) is 0 Å². The number of carbonyl (C=O) groups excluding carboxylic acids is 1. The van der Waals surface area contributed by atoms with Gasteiger partial charge in [0.2, 0.25) is 0 Å². The van der Waals surface area contributed by atoms with Crippen LogP contribution < -0.4 is 9.47 Å². The Balaban J connectivity index is 1.76. The van der Waals surface area contributed by atoms with Gasteiger partial charge in [0.25, 0.3) is 0 Å². The molecule has 0 aromatic heterocycles. The summed E-state index contributed by atoms with van der Waals surface area (Å²) in [6, 6.07) is 25.4. The lowest BCUT2D eigenvalue weighted by atomic mass is 10.1. The van der Waals surface area contributed by atoms with Gasteiger partial charge in [0.1, 0.15) is 13.2 Å². The average Bonchev–Trinajstić information content (AvgIpc) is 2.73. The van der Waals surface area contributed by atoms with Crippen molar-refractivity contribution < 1.29 is 19.0 Å². The van der Waals surface area contributed by atoms with E-state index in [9.17, 15) is 4.79 Å². The van der Waals surface area contributed by atoms with Crippen LogP contribution in [-0.2, 0) is 29.2 Å². The van der Waals surface area contributed by atoms with Gasteiger partial charge in [0.05, 0.1) is 13.5 Å². The fourth-order valence-electron chi connectivity index (χ4n) is 2.60. The van der Waals surface area contributed by atoms with Crippen LogP contribution in [0.4, 0.5) is 0 Å². The molecule has 0 spiro atoms. The van der Waals surface area contributed by atoms with E-state index in [4.69, 9.17) is 14.2 Å². The van der Waals surface area contributed by atoms with E-state index in [-0.39, 0.29) is 12.4 Å². The molecular weight excluding hydrogens is 340 g/mol. The van der Waals surface area contributed by atoms with E-state index in [0.717, 1.165) is 16.7 Å². The van der Waals surface area contributed by atoms with Gasteiger partial charge in [0, 0.05) is 0 Å². The number of hydrogen-bond acceptors (Lipinski definition) is 4. The van der Waals surface area contributed by atoms with Crippen molar-refractivity contribution in [2.75, 3.05) is 7.11 Å². The first-order valence-corrected chi connectivity index (χ1v) is 8.78. The van der Waals surface area contributed by atoms with Crippen molar-refractivity contribution in [3.63, 3.8) is 0 Å². The summed E-state index contributed by atoms with van der Waals surface area (Å²) < 4.78 is 16.7. The van der Waals surface area contributed by atoms with E-state index >= 15 is 0 Å². The topological polar surface area (TPSA) is 44.8 Å². The second-order valence-corrected chi connectivity index (χ2v) is 6.08. The highest BCUT2D eigenvalue weighted by molar-refractivity contribution is 5.72. The number of esters is 1. The first-order valence-electron chi connectivity index (χ1n) is 8.78. The molecule has 27 heavy (non-hydrogen) atoms. The molecule has 3 aromatic rings. The van der Waals surface area contributed by atoms with Crippen LogP contribution >= 0.6 is 0 Å². The average molecular weight is 362 g/mol. The minimum atomic E-state index is -0.290. The van der Waals surface area contributed by atoms with Crippen LogP contribution in [0, 0.1) is 0 Å². The first kappa shape index (κ1) is 18.5. The summed E-state index contributed by atoms with van der Waals surface area (Å²) in [4.78, 5) is 11.6. The zero-order chi connectivity index (χ0) is 18.9. The van der Waals surface area contributed by atoms with Crippen LogP contribution in [0.1, 0.15) is 16.7 Å². The van der Waals surface area contributed by atoms with E-state index in [1.807, 2.05) is 78.9 Å². The Morgan fingerprint density at radius 3 is 1.81 bits per heavy atom. The van der Waals surface area contributed by atoms with Gasteiger partial charge in [-0.1, -0.05) is 66.7 Å². The lowest BCUT2D eigenvalue weighted by Gasteiger charge is -2.14. The molecule has 0 aliphatic rings. The summed E-state index contributed by atoms with van der Waals surface area (Å²) in [6.07, 6.45) is 0.192. The van der Waals surface area contributed by atoms with Crippen molar-refractivity contribution in [1.29, 1.82) is 0 Å². The van der Waals surface area contributed by atoms with E-state index in [1.165, 1.54) is 7.11 Å². The maximum Gasteiger partial charge on any atom is 0.309 e. The largest absolute Gasteiger partial charge is 0.485 e. The summed E-state index contributed by atoms with van der Waals surface area (Å²) in [5, 5.41) is 0. The first-order chi connectivity index (χ1) is 13.2. The quantitative estimate of drug-likeness (QED) is 0.551. The summed E-state index contributed by atoms with van der Waals surface area (Å²) >= 11 is 0. The SMILES string of the molecule is COC(=O)Cc1ccc(OCc2ccccc2)c(OCc2ccccc2)c1. The Bertz CT molecular complexity index is 860. The van der Waals surface area contributed by atoms with E-state index in [1.54, 1.807) is 0 Å². The molecule has 3 rings (SSSR count). The molecule has 4 nitrogen and oxygen atoms in total. The van der Waals surface area contributed by atoms with Gasteiger partial charge in [-0.3, -0.25) is 4.79 Å². The summed E-state index contributed by atoms with van der Waals surface area (Å²) in [5.74, 6) is 0.960. The predicted octanol–water partition coefficient (Wildman–Crippen LogP) is 4.56. The summed E-state index contributed by atoms with van der Waals surface area (Å²) in [7, 11) is 1.38. The van der Waals surface area contributed by atoms with Gasteiger partial charge in [-0.15, -0.1) is 0 Å². The number of methoxy groups -OCH3 is 1. The Morgan fingerprint density at radius 1 is 0.704 bits per heavy atom. The van der Waals surface area contributed by atoms with Crippen molar-refractivity contribution in [2.45, 2.75) is 19.6 Å². The molecule has 4 heteroatoms. The number of benzene rings is 3. The highest BCUT2D eigenvalue weighted by atomic mass is 16.5. The van der Waals surface area contributed by atoms with Gasteiger partial charge in [-0.25, -0.2) is 0 Å². The molecule has 138 valence electrons. The standard InChI is InChI=1S/C23H22O4/c1-25-23(24)15-20-12-13-21(26-16-18-8-4-2-5-9-18)22(14-20)27-17-19-10-6-3-7-11-19/h2-14H,15-17H2,1H3. The Kier molecular flexibility index (Phi) is 6.47. The monoisotopic (exact) mass is 362 g/mol. The minimum absolute atomic E-state index is 0.192. The highest BCUT2D eigenvalue weighted by Crippen LogP contribution is 2.30. The summed E-state index contributed by atoms with van der Waals surface area (Å²) in [6.45, 7) is 0.864. The molecule has 0 saturated heterocycles. The molecule has 0 saturated carbocycles. The normalized spacial score (nSPS) is 10.3. The zero-order valence-corrected chi connectivity index (χ0v) is 15.3. The molecule has 0 amide bonds. The molecule has 0 fully saturated rings. The molecule has 0 aliphatic heterocycles. The van der Waals surface area contributed by atoms with Gasteiger partial charge >= 0.3 is 5.97 Å². The Hall–Kier alpha value is -3.27. The van der Waals surface area contributed by atoms with Crippen molar-refractivity contribution >= 4 is 5.97 Å². The van der Waals surface area contributed by atoms with Gasteiger partial charge in [0.15, 0.2) is 11.5 Å². The number of rotatable bonds is 8. The van der Waals surface area contributed by atoms with Gasteiger partial charge < -0.3 is 14.2 Å². The van der Waals surface area contributed by atoms with E-state index in [2.05, 4.69) is 0 Å². The fourth-order valence-corrected chi connectivity index (χ4v) is 2.60. The zero-order valence-electron chi connectivity index (χ0n) is 15.3. The van der Waals surface area contributed by atoms with Crippen molar-refractivity contribution in [3.05, 3.63) is 95.6 Å². The molecule has 0 heterocycles. The van der Waals surface area contributed by atoms with Gasteiger partial charge in [-0.05, 0) is 28.8 Å². The third-order valence-electron chi connectivity index (χ3n) is 4.06. The molecule has 0 bridgehead atoms. The van der Waals surface area contributed by atoms with E-state index in [0.29, 0.717) is 24.7 Å². The van der Waals surface area contributed by atoms with Crippen LogP contribution in [-0.4, -0.2) is 13.1 Å². The molecule has 0 unspecified atom stereocenters. The smallest absolute Gasteiger partial charge is 0.309 e. The second-order valence-electron chi connectivity index (χ2n) is 6.08. The number of ether oxygens (including phenoxy) is 3. The second kappa shape index (κ2) is 9.43. The highest BCUT2D eigenvalue weighted by Gasteiger charge is 2.11. The lowest BCUT2D eigenvalue weighted by Crippen LogP contribution is -2.06. The van der Waals surface area contributed by atoms with Crippen LogP contribution in [0.2, 0.25) is 0 Å². The number of carbonyl (C=O) groups is 1. The Labute approximate surface area is 159 Å². The maximum absolute atomic E-state index is 11.6. The fraction of sp³-hybridized carbons (Fsp3) is 0.174. The Morgan fingerprint density at radius 2 is 1.26 bits per heavy atom.